The van der Waals surface area contributed by atoms with Crippen molar-refractivity contribution in [1.82, 2.24) is 19.3 Å². The number of nitrogen functional groups attached to an aromatic ring is 1. The molecule has 9 nitrogen and oxygen atoms in total. The molecule has 0 unspecified atom stereocenters. The molecule has 0 aliphatic heterocycles. The maximum Gasteiger partial charge on any atom is 0.330 e. The number of anilines is 2. The highest BCUT2D eigenvalue weighted by Gasteiger charge is 2.23. The van der Waals surface area contributed by atoms with Crippen LogP contribution in [0, 0.1) is 0 Å². The van der Waals surface area contributed by atoms with Gasteiger partial charge in [-0.15, -0.1) is 0 Å². The van der Waals surface area contributed by atoms with Gasteiger partial charge in [-0.25, -0.2) is 4.79 Å². The third kappa shape index (κ3) is 5.87. The molecule has 2 aromatic heterocycles. The van der Waals surface area contributed by atoms with E-state index < -0.39 is 17.2 Å². The molecular weight excluding hydrogens is 444 g/mol. The number of nitrogens with two attached hydrogens (primary N) is 1. The number of aromatic amines is 1. The van der Waals surface area contributed by atoms with Crippen LogP contribution < -0.4 is 21.9 Å². The summed E-state index contributed by atoms with van der Waals surface area (Å²) >= 11 is 0. The molecule has 0 spiro atoms. The van der Waals surface area contributed by atoms with Gasteiger partial charge in [-0.05, 0) is 43.7 Å². The summed E-state index contributed by atoms with van der Waals surface area (Å²) in [4.78, 5) is 42.6. The number of hydrogen-bond donors (Lipinski definition) is 2. The number of carbonyl (C=O) groups is 1. The maximum absolute atomic E-state index is 13.4. The second-order valence-corrected chi connectivity index (χ2v) is 8.69. The van der Waals surface area contributed by atoms with Crippen molar-refractivity contribution in [3.8, 4) is 0 Å². The third-order valence-corrected chi connectivity index (χ3v) is 6.12. The number of hydrogen-bond acceptors (Lipinski definition) is 5. The van der Waals surface area contributed by atoms with E-state index in [-0.39, 0.29) is 24.6 Å². The van der Waals surface area contributed by atoms with Crippen molar-refractivity contribution in [3.63, 3.8) is 0 Å². The molecule has 35 heavy (non-hydrogen) atoms. The van der Waals surface area contributed by atoms with E-state index in [0.29, 0.717) is 6.42 Å². The zero-order valence-corrected chi connectivity index (χ0v) is 19.8. The standard InChI is InChI=1S/C26H30N6O3/c1-30-17-21(16-28-30)12-13-22(33)31(15-14-19-8-4-2-5-9-19)23-24(27)32(26(35)29-25(23)34)18-20-10-6-3-7-11-20/h3,6-8,10-13,16-17H,2,4-5,9,14-15,18,27H2,1H3,(H,29,34,35). The van der Waals surface area contributed by atoms with Crippen LogP contribution in [0.15, 0.2) is 70.0 Å². The molecule has 1 aromatic carbocycles. The van der Waals surface area contributed by atoms with Crippen LogP contribution in [0.4, 0.5) is 11.5 Å². The number of H-pyrrole nitrogens is 1. The molecule has 1 aliphatic rings. The molecule has 3 N–H and O–H groups in total. The van der Waals surface area contributed by atoms with Crippen LogP contribution in [0.3, 0.4) is 0 Å². The minimum atomic E-state index is -0.683. The zero-order valence-electron chi connectivity index (χ0n) is 19.8. The average molecular weight is 475 g/mol. The molecule has 4 rings (SSSR count). The summed E-state index contributed by atoms with van der Waals surface area (Å²) in [7, 11) is 1.79. The normalized spacial score (nSPS) is 13.7. The minimum absolute atomic E-state index is 0.0159. The summed E-state index contributed by atoms with van der Waals surface area (Å²) in [6, 6.07) is 9.33. The summed E-state index contributed by atoms with van der Waals surface area (Å²) in [6.07, 6.45) is 13.6. The Bertz CT molecular complexity index is 1360. The Morgan fingerprint density at radius 3 is 2.71 bits per heavy atom. The Balaban J connectivity index is 1.70. The summed E-state index contributed by atoms with van der Waals surface area (Å²) in [5, 5.41) is 4.10. The average Bonchev–Trinajstić information content (AvgIpc) is 3.28. The van der Waals surface area contributed by atoms with Gasteiger partial charge in [0.15, 0.2) is 5.69 Å². The fourth-order valence-corrected chi connectivity index (χ4v) is 4.26. The van der Waals surface area contributed by atoms with Crippen molar-refractivity contribution in [2.45, 2.75) is 38.6 Å². The van der Waals surface area contributed by atoms with Crippen LogP contribution in [-0.2, 0) is 18.4 Å². The first-order valence-electron chi connectivity index (χ1n) is 11.7. The molecule has 1 aliphatic carbocycles. The number of nitrogens with zero attached hydrogens (tertiary/aromatic N) is 4. The highest BCUT2D eigenvalue weighted by Crippen LogP contribution is 2.24. The second-order valence-electron chi connectivity index (χ2n) is 8.69. The molecule has 0 radical (unpaired) electrons. The summed E-state index contributed by atoms with van der Waals surface area (Å²) in [5.41, 5.74) is 7.94. The summed E-state index contributed by atoms with van der Waals surface area (Å²) < 4.78 is 2.93. The smallest absolute Gasteiger partial charge is 0.330 e. The molecule has 0 fully saturated rings. The topological polar surface area (TPSA) is 119 Å². The first-order chi connectivity index (χ1) is 16.9. The van der Waals surface area contributed by atoms with Gasteiger partial charge in [0, 0.05) is 31.4 Å². The van der Waals surface area contributed by atoms with E-state index in [1.165, 1.54) is 21.1 Å². The number of aryl methyl sites for hydroxylation is 1. The van der Waals surface area contributed by atoms with Gasteiger partial charge in [-0.1, -0.05) is 42.0 Å². The van der Waals surface area contributed by atoms with E-state index in [4.69, 9.17) is 5.73 Å². The third-order valence-electron chi connectivity index (χ3n) is 6.12. The van der Waals surface area contributed by atoms with Crippen LogP contribution in [-0.4, -0.2) is 31.8 Å². The molecule has 2 heterocycles. The van der Waals surface area contributed by atoms with Gasteiger partial charge < -0.3 is 10.6 Å². The number of amides is 1. The predicted molar refractivity (Wildman–Crippen MR) is 137 cm³/mol. The number of benzene rings is 1. The first-order valence-corrected chi connectivity index (χ1v) is 11.7. The van der Waals surface area contributed by atoms with E-state index in [1.54, 1.807) is 30.2 Å². The van der Waals surface area contributed by atoms with Crippen LogP contribution in [0.25, 0.3) is 6.08 Å². The lowest BCUT2D eigenvalue weighted by molar-refractivity contribution is -0.114. The number of allylic oxidation sites excluding steroid dienone is 1. The van der Waals surface area contributed by atoms with Crippen LogP contribution >= 0.6 is 0 Å². The Morgan fingerprint density at radius 2 is 2.03 bits per heavy atom. The van der Waals surface area contributed by atoms with Crippen molar-refractivity contribution in [2.75, 3.05) is 17.2 Å². The lowest BCUT2D eigenvalue weighted by Crippen LogP contribution is -2.41. The summed E-state index contributed by atoms with van der Waals surface area (Å²) in [5.74, 6) is -0.435. The van der Waals surface area contributed by atoms with Gasteiger partial charge in [0.05, 0.1) is 12.7 Å². The second kappa shape index (κ2) is 10.9. The van der Waals surface area contributed by atoms with Gasteiger partial charge in [-0.3, -0.25) is 23.8 Å². The highest BCUT2D eigenvalue weighted by molar-refractivity contribution is 6.05. The Kier molecular flexibility index (Phi) is 7.45. The first kappa shape index (κ1) is 24.0. The van der Waals surface area contributed by atoms with Gasteiger partial charge in [-0.2, -0.15) is 5.10 Å². The summed E-state index contributed by atoms with van der Waals surface area (Å²) in [6.45, 7) is 0.451. The molecule has 0 bridgehead atoms. The van der Waals surface area contributed by atoms with Gasteiger partial charge in [0.1, 0.15) is 5.82 Å². The SMILES string of the molecule is Cn1cc(C=CC(=O)N(CCC2=CCCCC2)c2c(N)n(Cc3ccccc3)c(=O)[nH]c2=O)cn1. The molecule has 0 saturated heterocycles. The fraction of sp³-hybridized carbons (Fsp3) is 0.308. The van der Waals surface area contributed by atoms with E-state index >= 15 is 0 Å². The molecule has 0 atom stereocenters. The quantitative estimate of drug-likeness (QED) is 0.384. The Hall–Kier alpha value is -4.14. The number of carbonyl (C=O) groups excluding carboxylic acids is 1. The van der Waals surface area contributed by atoms with E-state index in [2.05, 4.69) is 16.2 Å². The zero-order chi connectivity index (χ0) is 24.8. The van der Waals surface area contributed by atoms with E-state index in [9.17, 15) is 14.4 Å². The van der Waals surface area contributed by atoms with Crippen molar-refractivity contribution < 1.29 is 4.79 Å². The molecule has 1 amide bonds. The molecule has 3 aromatic rings. The van der Waals surface area contributed by atoms with Crippen molar-refractivity contribution in [2.24, 2.45) is 7.05 Å². The Labute approximate surface area is 203 Å². The van der Waals surface area contributed by atoms with E-state index in [1.807, 2.05) is 30.3 Å². The van der Waals surface area contributed by atoms with Gasteiger partial charge in [0.2, 0.25) is 0 Å². The van der Waals surface area contributed by atoms with Crippen molar-refractivity contribution in [1.29, 1.82) is 0 Å². The van der Waals surface area contributed by atoms with Gasteiger partial charge >= 0.3 is 5.69 Å². The Morgan fingerprint density at radius 1 is 1.23 bits per heavy atom. The number of nitrogens with one attached hydrogen (secondary N) is 1. The minimum Gasteiger partial charge on any atom is -0.383 e. The maximum atomic E-state index is 13.4. The number of aromatic nitrogens is 4. The van der Waals surface area contributed by atoms with Crippen LogP contribution in [0.1, 0.15) is 43.2 Å². The number of rotatable bonds is 8. The van der Waals surface area contributed by atoms with Crippen molar-refractivity contribution in [3.05, 3.63) is 92.4 Å². The van der Waals surface area contributed by atoms with E-state index in [0.717, 1.165) is 36.8 Å². The largest absolute Gasteiger partial charge is 0.383 e. The lowest BCUT2D eigenvalue weighted by atomic mass is 9.97. The van der Waals surface area contributed by atoms with Gasteiger partial charge in [0.25, 0.3) is 11.5 Å². The van der Waals surface area contributed by atoms with Crippen LogP contribution in [0.2, 0.25) is 0 Å². The predicted octanol–water partition coefficient (Wildman–Crippen LogP) is 2.84. The molecular formula is C26H30N6O3. The molecule has 0 saturated carbocycles. The van der Waals surface area contributed by atoms with Crippen LogP contribution in [0.5, 0.6) is 0 Å². The highest BCUT2D eigenvalue weighted by atomic mass is 16.2. The fourth-order valence-electron chi connectivity index (χ4n) is 4.26. The monoisotopic (exact) mass is 474 g/mol. The molecule has 9 heteroatoms. The van der Waals surface area contributed by atoms with Crippen molar-refractivity contribution >= 4 is 23.5 Å². The lowest BCUT2D eigenvalue weighted by Gasteiger charge is -2.24. The molecule has 182 valence electrons.